The van der Waals surface area contributed by atoms with Crippen LogP contribution in [0.1, 0.15) is 25.5 Å². The third-order valence-electron chi connectivity index (χ3n) is 4.92. The summed E-state index contributed by atoms with van der Waals surface area (Å²) in [7, 11) is 5.74. The Hall–Kier alpha value is -2.32. The molecule has 1 aliphatic heterocycles. The van der Waals surface area contributed by atoms with Crippen LogP contribution in [-0.4, -0.2) is 73.8 Å². The van der Waals surface area contributed by atoms with Crippen molar-refractivity contribution in [3.8, 4) is 5.75 Å². The first-order valence-corrected chi connectivity index (χ1v) is 9.87. The molecule has 1 aliphatic rings. The molecule has 0 radical (unpaired) electrons. The van der Waals surface area contributed by atoms with Crippen molar-refractivity contribution in [2.75, 3.05) is 40.8 Å². The lowest BCUT2D eigenvalue weighted by Crippen LogP contribution is -3.06. The third kappa shape index (κ3) is 4.56. The van der Waals surface area contributed by atoms with Gasteiger partial charge in [-0.05, 0) is 50.3 Å². The zero-order valence-electron chi connectivity index (χ0n) is 17.1. The normalized spacial score (nSPS) is 17.1. The standard InChI is InChI=1S/C20H28N4O3S/c1-6-23-18(25)16(19(26)24(7-2)20(23)28)12-21-13-17(22(3)4)14-8-10-15(27-5)11-9-14/h8-12,16-17H,6-7,13H2,1-5H3/p+1/t17-/m0/s1. The Labute approximate surface area is 172 Å². The summed E-state index contributed by atoms with van der Waals surface area (Å²) in [6.07, 6.45) is 1.48. The van der Waals surface area contributed by atoms with Gasteiger partial charge in [0, 0.05) is 24.9 Å². The highest BCUT2D eigenvalue weighted by molar-refractivity contribution is 7.80. The molecule has 0 aliphatic carbocycles. The monoisotopic (exact) mass is 405 g/mol. The highest BCUT2D eigenvalue weighted by Crippen LogP contribution is 2.18. The molecule has 0 unspecified atom stereocenters. The summed E-state index contributed by atoms with van der Waals surface area (Å²) in [5, 5.41) is 0.276. The fourth-order valence-electron chi connectivity index (χ4n) is 3.21. The lowest BCUT2D eigenvalue weighted by molar-refractivity contribution is -0.890. The molecule has 152 valence electrons. The van der Waals surface area contributed by atoms with E-state index in [1.165, 1.54) is 20.9 Å². The van der Waals surface area contributed by atoms with Crippen molar-refractivity contribution in [1.29, 1.82) is 0 Å². The Morgan fingerprint density at radius 2 is 1.68 bits per heavy atom. The molecule has 8 heteroatoms. The van der Waals surface area contributed by atoms with Crippen LogP contribution in [-0.2, 0) is 9.59 Å². The predicted octanol–water partition coefficient (Wildman–Crippen LogP) is 0.563. The lowest BCUT2D eigenvalue weighted by atomic mass is 10.0. The van der Waals surface area contributed by atoms with Crippen LogP contribution in [0.5, 0.6) is 5.75 Å². The Bertz CT molecular complexity index is 722. The number of ether oxygens (including phenoxy) is 1. The van der Waals surface area contributed by atoms with Gasteiger partial charge in [0.2, 0.25) is 11.8 Å². The molecule has 1 N–H and O–H groups in total. The molecule has 0 bridgehead atoms. The number of aliphatic imine (C=N–C) groups is 1. The molecule has 0 aromatic heterocycles. The van der Waals surface area contributed by atoms with E-state index in [-0.39, 0.29) is 23.0 Å². The molecule has 7 nitrogen and oxygen atoms in total. The van der Waals surface area contributed by atoms with E-state index in [1.54, 1.807) is 7.11 Å². The van der Waals surface area contributed by atoms with Crippen LogP contribution in [0.25, 0.3) is 0 Å². The molecule has 2 rings (SSSR count). The number of amides is 2. The molecule has 1 aromatic carbocycles. The van der Waals surface area contributed by atoms with Gasteiger partial charge in [-0.25, -0.2) is 0 Å². The van der Waals surface area contributed by atoms with E-state index < -0.39 is 5.92 Å². The van der Waals surface area contributed by atoms with Gasteiger partial charge in [-0.2, -0.15) is 0 Å². The van der Waals surface area contributed by atoms with Crippen molar-refractivity contribution >= 4 is 35.4 Å². The van der Waals surface area contributed by atoms with Crippen LogP contribution in [0.3, 0.4) is 0 Å². The molecular formula is C20H29N4O3S+. The first-order chi connectivity index (χ1) is 13.3. The van der Waals surface area contributed by atoms with Crippen LogP contribution in [0.2, 0.25) is 0 Å². The van der Waals surface area contributed by atoms with Crippen molar-refractivity contribution in [2.45, 2.75) is 19.9 Å². The summed E-state index contributed by atoms with van der Waals surface area (Å²) in [6.45, 7) is 5.02. The van der Waals surface area contributed by atoms with Gasteiger partial charge in [0.1, 0.15) is 11.8 Å². The minimum atomic E-state index is -0.916. The molecule has 1 saturated heterocycles. The SMILES string of the molecule is CCN1C(=O)C(C=NC[C@@H](c2ccc(OC)cc2)[NH+](C)C)C(=O)N(CC)C1=S. The first kappa shape index (κ1) is 22.0. The van der Waals surface area contributed by atoms with E-state index in [4.69, 9.17) is 17.0 Å². The number of quaternary nitrogens is 1. The van der Waals surface area contributed by atoms with Crippen LogP contribution < -0.4 is 9.64 Å². The number of carbonyl (C=O) groups is 2. The minimum absolute atomic E-state index is 0.0987. The Kier molecular flexibility index (Phi) is 7.65. The first-order valence-electron chi connectivity index (χ1n) is 9.46. The molecule has 0 spiro atoms. The second-order valence-corrected chi connectivity index (χ2v) is 7.21. The number of hydrogen-bond acceptors (Lipinski definition) is 5. The largest absolute Gasteiger partial charge is 0.497 e. The molecule has 1 fully saturated rings. The van der Waals surface area contributed by atoms with Crippen molar-refractivity contribution in [3.63, 3.8) is 0 Å². The molecule has 1 heterocycles. The van der Waals surface area contributed by atoms with E-state index in [2.05, 4.69) is 19.1 Å². The van der Waals surface area contributed by atoms with Gasteiger partial charge in [0.15, 0.2) is 11.0 Å². The number of thiocarbonyl (C=S) groups is 1. The zero-order chi connectivity index (χ0) is 20.8. The fraction of sp³-hybridized carbons (Fsp3) is 0.500. The smallest absolute Gasteiger partial charge is 0.246 e. The topological polar surface area (TPSA) is 66.7 Å². The van der Waals surface area contributed by atoms with Gasteiger partial charge in [-0.3, -0.25) is 24.4 Å². The average Bonchev–Trinajstić information content (AvgIpc) is 2.68. The van der Waals surface area contributed by atoms with E-state index in [0.717, 1.165) is 11.3 Å². The maximum Gasteiger partial charge on any atom is 0.246 e. The molecule has 1 aromatic rings. The zero-order valence-corrected chi connectivity index (χ0v) is 18.0. The molecule has 1 atom stereocenters. The number of hydrogen-bond donors (Lipinski definition) is 1. The minimum Gasteiger partial charge on any atom is -0.497 e. The van der Waals surface area contributed by atoms with E-state index >= 15 is 0 Å². The second kappa shape index (κ2) is 9.75. The molecule has 2 amide bonds. The number of rotatable bonds is 8. The van der Waals surface area contributed by atoms with Gasteiger partial charge < -0.3 is 9.64 Å². The quantitative estimate of drug-likeness (QED) is 0.390. The Morgan fingerprint density at radius 3 is 2.11 bits per heavy atom. The van der Waals surface area contributed by atoms with Crippen molar-refractivity contribution in [3.05, 3.63) is 29.8 Å². The highest BCUT2D eigenvalue weighted by atomic mass is 32.1. The number of nitrogens with one attached hydrogen (secondary N) is 1. The molecule has 0 saturated carbocycles. The van der Waals surface area contributed by atoms with Gasteiger partial charge in [0.05, 0.1) is 27.7 Å². The molecule has 28 heavy (non-hydrogen) atoms. The summed E-state index contributed by atoms with van der Waals surface area (Å²) >= 11 is 5.28. The van der Waals surface area contributed by atoms with E-state index in [0.29, 0.717) is 19.6 Å². The van der Waals surface area contributed by atoms with Crippen molar-refractivity contribution in [2.24, 2.45) is 10.9 Å². The van der Waals surface area contributed by atoms with Gasteiger partial charge in [-0.1, -0.05) is 0 Å². The summed E-state index contributed by atoms with van der Waals surface area (Å²) in [5.74, 6) is -0.720. The summed E-state index contributed by atoms with van der Waals surface area (Å²) in [6, 6.07) is 7.96. The maximum absolute atomic E-state index is 12.7. The Morgan fingerprint density at radius 1 is 1.14 bits per heavy atom. The number of carbonyl (C=O) groups excluding carboxylic acids is 2. The lowest BCUT2D eigenvalue weighted by Gasteiger charge is -2.37. The number of likely N-dealkylation sites (N-methyl/N-ethyl adjacent to an activating group) is 1. The summed E-state index contributed by atoms with van der Waals surface area (Å²) < 4.78 is 5.21. The third-order valence-corrected chi connectivity index (χ3v) is 5.36. The van der Waals surface area contributed by atoms with Gasteiger partial charge in [-0.15, -0.1) is 0 Å². The number of methoxy groups -OCH3 is 1. The van der Waals surface area contributed by atoms with Crippen molar-refractivity contribution in [1.82, 2.24) is 9.80 Å². The summed E-state index contributed by atoms with van der Waals surface area (Å²) in [5.41, 5.74) is 1.12. The number of nitrogens with zero attached hydrogens (tertiary/aromatic N) is 3. The molecular weight excluding hydrogens is 376 g/mol. The van der Waals surface area contributed by atoms with Crippen LogP contribution >= 0.6 is 12.2 Å². The van der Waals surface area contributed by atoms with Gasteiger partial charge >= 0.3 is 0 Å². The van der Waals surface area contributed by atoms with Crippen LogP contribution in [0.15, 0.2) is 29.3 Å². The van der Waals surface area contributed by atoms with Gasteiger partial charge in [0.25, 0.3) is 0 Å². The van der Waals surface area contributed by atoms with E-state index in [1.807, 2.05) is 38.1 Å². The van der Waals surface area contributed by atoms with Crippen LogP contribution in [0.4, 0.5) is 0 Å². The number of benzene rings is 1. The fourth-order valence-corrected chi connectivity index (χ4v) is 3.65. The van der Waals surface area contributed by atoms with E-state index in [9.17, 15) is 9.59 Å². The summed E-state index contributed by atoms with van der Waals surface area (Å²) in [4.78, 5) is 34.0. The van der Waals surface area contributed by atoms with Crippen LogP contribution in [0, 0.1) is 5.92 Å². The predicted molar refractivity (Wildman–Crippen MR) is 113 cm³/mol. The highest BCUT2D eigenvalue weighted by Gasteiger charge is 2.41. The maximum atomic E-state index is 12.7. The Balaban J connectivity index is 2.18. The average molecular weight is 406 g/mol. The second-order valence-electron chi connectivity index (χ2n) is 6.84. The van der Waals surface area contributed by atoms with Crippen molar-refractivity contribution < 1.29 is 19.2 Å².